The molecule has 1 saturated heterocycles. The van der Waals surface area contributed by atoms with E-state index in [2.05, 4.69) is 10.3 Å². The van der Waals surface area contributed by atoms with E-state index in [-0.39, 0.29) is 23.4 Å². The van der Waals surface area contributed by atoms with E-state index in [1.165, 1.54) is 12.1 Å². The van der Waals surface area contributed by atoms with Crippen LogP contribution in [0, 0.1) is 11.2 Å². The number of hydrogen-bond acceptors (Lipinski definition) is 5. The molecule has 0 bridgehead atoms. The Labute approximate surface area is 139 Å². The summed E-state index contributed by atoms with van der Waals surface area (Å²) >= 11 is 0. The predicted octanol–water partition coefficient (Wildman–Crippen LogP) is 2.50. The van der Waals surface area contributed by atoms with E-state index in [1.54, 1.807) is 18.4 Å². The maximum absolute atomic E-state index is 13.0. The Bertz CT molecular complexity index is 695. The Hall–Kier alpha value is -1.76. The second-order valence-electron chi connectivity index (χ2n) is 6.68. The van der Waals surface area contributed by atoms with Crippen LogP contribution in [-0.4, -0.2) is 35.5 Å². The van der Waals surface area contributed by atoms with Gasteiger partial charge in [-0.15, -0.1) is 0 Å². The van der Waals surface area contributed by atoms with Gasteiger partial charge in [0.15, 0.2) is 0 Å². The quantitative estimate of drug-likeness (QED) is 0.900. The standard InChI is InChI=1S/C18H21FN2O3/c19-13-3-1-12(2-4-13)17-21-14(11-24-17)10-20-15-9-16(22)18(15)5-7-23-8-6-18/h1-4,11,15-16,20,22H,5-10H2/t15-,16-/m1/s1. The molecule has 6 heteroatoms. The number of aliphatic hydroxyl groups excluding tert-OH is 1. The molecule has 2 fully saturated rings. The summed E-state index contributed by atoms with van der Waals surface area (Å²) in [5, 5.41) is 13.7. The first kappa shape index (κ1) is 15.7. The Morgan fingerprint density at radius 1 is 1.25 bits per heavy atom. The highest BCUT2D eigenvalue weighted by molar-refractivity contribution is 5.52. The van der Waals surface area contributed by atoms with Crippen molar-refractivity contribution < 1.29 is 18.7 Å². The van der Waals surface area contributed by atoms with Gasteiger partial charge in [0.1, 0.15) is 12.1 Å². The van der Waals surface area contributed by atoms with Crippen LogP contribution >= 0.6 is 0 Å². The summed E-state index contributed by atoms with van der Waals surface area (Å²) in [6.07, 6.45) is 3.93. The summed E-state index contributed by atoms with van der Waals surface area (Å²) in [4.78, 5) is 4.45. The van der Waals surface area contributed by atoms with Crippen molar-refractivity contribution in [1.82, 2.24) is 10.3 Å². The highest BCUT2D eigenvalue weighted by Crippen LogP contribution is 2.49. The molecule has 2 N–H and O–H groups in total. The second-order valence-corrected chi connectivity index (χ2v) is 6.68. The number of aromatic nitrogens is 1. The molecule has 1 aliphatic heterocycles. The lowest BCUT2D eigenvalue weighted by molar-refractivity contribution is -0.149. The number of aliphatic hydroxyl groups is 1. The Balaban J connectivity index is 1.39. The third-order valence-corrected chi connectivity index (χ3v) is 5.41. The van der Waals surface area contributed by atoms with Gasteiger partial charge >= 0.3 is 0 Å². The van der Waals surface area contributed by atoms with Gasteiger partial charge in [-0.05, 0) is 43.5 Å². The fourth-order valence-electron chi connectivity index (χ4n) is 3.83. The van der Waals surface area contributed by atoms with Crippen LogP contribution in [0.5, 0.6) is 0 Å². The van der Waals surface area contributed by atoms with Gasteiger partial charge in [-0.3, -0.25) is 0 Å². The van der Waals surface area contributed by atoms with E-state index in [9.17, 15) is 9.50 Å². The molecule has 128 valence electrons. The number of nitrogens with one attached hydrogen (secondary N) is 1. The molecule has 0 amide bonds. The van der Waals surface area contributed by atoms with Crippen molar-refractivity contribution in [2.75, 3.05) is 13.2 Å². The Morgan fingerprint density at radius 3 is 2.71 bits per heavy atom. The summed E-state index contributed by atoms with van der Waals surface area (Å²) in [5.74, 6) is 0.207. The first-order valence-electron chi connectivity index (χ1n) is 8.37. The average Bonchev–Trinajstić information content (AvgIpc) is 3.09. The number of benzene rings is 1. The van der Waals surface area contributed by atoms with Crippen LogP contribution in [0.4, 0.5) is 4.39 Å². The zero-order valence-electron chi connectivity index (χ0n) is 13.4. The fourth-order valence-corrected chi connectivity index (χ4v) is 3.83. The molecular weight excluding hydrogens is 311 g/mol. The topological polar surface area (TPSA) is 67.5 Å². The molecule has 1 aromatic carbocycles. The monoisotopic (exact) mass is 332 g/mol. The Kier molecular flexibility index (Phi) is 4.12. The summed E-state index contributed by atoms with van der Waals surface area (Å²) < 4.78 is 23.9. The van der Waals surface area contributed by atoms with Crippen molar-refractivity contribution in [1.29, 1.82) is 0 Å². The highest BCUT2D eigenvalue weighted by atomic mass is 19.1. The van der Waals surface area contributed by atoms with Gasteiger partial charge in [0, 0.05) is 36.8 Å². The zero-order chi connectivity index (χ0) is 16.6. The number of oxazole rings is 1. The molecule has 4 rings (SSSR count). The summed E-state index contributed by atoms with van der Waals surface area (Å²) in [7, 11) is 0. The van der Waals surface area contributed by atoms with Crippen molar-refractivity contribution in [2.45, 2.75) is 38.0 Å². The van der Waals surface area contributed by atoms with Crippen LogP contribution in [0.3, 0.4) is 0 Å². The maximum Gasteiger partial charge on any atom is 0.226 e. The van der Waals surface area contributed by atoms with Gasteiger partial charge in [0.05, 0.1) is 11.8 Å². The lowest BCUT2D eigenvalue weighted by Crippen LogP contribution is -2.64. The first-order valence-corrected chi connectivity index (χ1v) is 8.37. The molecular formula is C18H21FN2O3. The van der Waals surface area contributed by atoms with Crippen LogP contribution in [0.2, 0.25) is 0 Å². The van der Waals surface area contributed by atoms with Crippen molar-refractivity contribution in [2.24, 2.45) is 5.41 Å². The van der Waals surface area contributed by atoms with Crippen LogP contribution in [0.1, 0.15) is 25.0 Å². The van der Waals surface area contributed by atoms with E-state index >= 15 is 0 Å². The van der Waals surface area contributed by atoms with Crippen LogP contribution in [0.15, 0.2) is 34.9 Å². The molecule has 5 nitrogen and oxygen atoms in total. The number of halogens is 1. The lowest BCUT2D eigenvalue weighted by atomic mass is 9.58. The normalized spacial score (nSPS) is 25.6. The van der Waals surface area contributed by atoms with Gasteiger partial charge in [-0.2, -0.15) is 0 Å². The van der Waals surface area contributed by atoms with Gasteiger partial charge in [0.25, 0.3) is 0 Å². The van der Waals surface area contributed by atoms with E-state index in [0.29, 0.717) is 25.6 Å². The molecule has 2 atom stereocenters. The van der Waals surface area contributed by atoms with Crippen LogP contribution < -0.4 is 5.32 Å². The van der Waals surface area contributed by atoms with Gasteiger partial charge in [0.2, 0.25) is 5.89 Å². The molecule has 0 radical (unpaired) electrons. The molecule has 1 aromatic heterocycles. The van der Waals surface area contributed by atoms with E-state index in [0.717, 1.165) is 30.5 Å². The third kappa shape index (κ3) is 2.75. The maximum atomic E-state index is 13.0. The molecule has 2 heterocycles. The lowest BCUT2D eigenvalue weighted by Gasteiger charge is -2.55. The van der Waals surface area contributed by atoms with E-state index in [1.807, 2.05) is 0 Å². The van der Waals surface area contributed by atoms with Gasteiger partial charge in [-0.1, -0.05) is 0 Å². The molecule has 2 aliphatic rings. The number of nitrogens with zero attached hydrogens (tertiary/aromatic N) is 1. The minimum atomic E-state index is -0.280. The minimum absolute atomic E-state index is 0.0538. The summed E-state index contributed by atoms with van der Waals surface area (Å²) in [6.45, 7) is 2.02. The molecule has 1 spiro atoms. The number of ether oxygens (including phenoxy) is 1. The van der Waals surface area contributed by atoms with E-state index < -0.39 is 0 Å². The van der Waals surface area contributed by atoms with Gasteiger partial charge < -0.3 is 19.6 Å². The predicted molar refractivity (Wildman–Crippen MR) is 85.6 cm³/mol. The SMILES string of the molecule is O[C@@H]1C[C@@H](NCc2coc(-c3ccc(F)cc3)n2)C12CCOCC2. The molecule has 0 unspecified atom stereocenters. The minimum Gasteiger partial charge on any atom is -0.444 e. The smallest absolute Gasteiger partial charge is 0.226 e. The van der Waals surface area contributed by atoms with Crippen molar-refractivity contribution in [3.8, 4) is 11.5 Å². The zero-order valence-corrected chi connectivity index (χ0v) is 13.4. The van der Waals surface area contributed by atoms with E-state index in [4.69, 9.17) is 9.15 Å². The van der Waals surface area contributed by atoms with Crippen LogP contribution in [0.25, 0.3) is 11.5 Å². The molecule has 24 heavy (non-hydrogen) atoms. The van der Waals surface area contributed by atoms with Crippen LogP contribution in [-0.2, 0) is 11.3 Å². The Morgan fingerprint density at radius 2 is 2.00 bits per heavy atom. The van der Waals surface area contributed by atoms with Crippen molar-refractivity contribution in [3.63, 3.8) is 0 Å². The summed E-state index contributed by atoms with van der Waals surface area (Å²) in [6, 6.07) is 6.36. The molecule has 2 aromatic rings. The van der Waals surface area contributed by atoms with Crippen molar-refractivity contribution >= 4 is 0 Å². The largest absolute Gasteiger partial charge is 0.444 e. The first-order chi connectivity index (χ1) is 11.7. The summed E-state index contributed by atoms with van der Waals surface area (Å²) in [5.41, 5.74) is 1.50. The third-order valence-electron chi connectivity index (χ3n) is 5.41. The number of rotatable bonds is 4. The highest BCUT2D eigenvalue weighted by Gasteiger charge is 2.54. The number of hydrogen-bond donors (Lipinski definition) is 2. The van der Waals surface area contributed by atoms with Crippen molar-refractivity contribution in [3.05, 3.63) is 42.0 Å². The second kappa shape index (κ2) is 6.27. The molecule has 1 aliphatic carbocycles. The average molecular weight is 332 g/mol. The fraction of sp³-hybridized carbons (Fsp3) is 0.500. The molecule has 1 saturated carbocycles. The van der Waals surface area contributed by atoms with Gasteiger partial charge in [-0.25, -0.2) is 9.37 Å².